The van der Waals surface area contributed by atoms with Gasteiger partial charge in [-0.3, -0.25) is 9.36 Å². The summed E-state index contributed by atoms with van der Waals surface area (Å²) in [6.45, 7) is 3.75. The van der Waals surface area contributed by atoms with E-state index in [1.807, 2.05) is 0 Å². The minimum absolute atomic E-state index is 0.0701. The van der Waals surface area contributed by atoms with Crippen LogP contribution in [-0.2, 0) is 17.9 Å². The molecule has 0 aliphatic carbocycles. The number of benzene rings is 2. The molecule has 1 aromatic heterocycles. The molecule has 0 bridgehead atoms. The monoisotopic (exact) mass is 418 g/mol. The second-order valence-electron chi connectivity index (χ2n) is 5.72. The van der Waals surface area contributed by atoms with Crippen molar-refractivity contribution in [1.29, 1.82) is 0 Å². The molecule has 0 N–H and O–H groups in total. The molecule has 0 saturated carbocycles. The third kappa shape index (κ3) is 3.77. The van der Waals surface area contributed by atoms with Crippen LogP contribution in [0.15, 0.2) is 68.8 Å². The van der Waals surface area contributed by atoms with Gasteiger partial charge in [-0.2, -0.15) is 0 Å². The molecule has 7 heteroatoms. The van der Waals surface area contributed by atoms with Gasteiger partial charge in [-0.1, -0.05) is 34.1 Å². The third-order valence-electron chi connectivity index (χ3n) is 3.94. The quantitative estimate of drug-likeness (QED) is 0.573. The number of amides is 1. The highest BCUT2D eigenvalue weighted by atomic mass is 79.9. The summed E-state index contributed by atoms with van der Waals surface area (Å²) in [5, 5.41) is 0. The zero-order valence-electron chi connectivity index (χ0n) is 13.8. The Morgan fingerprint density at radius 1 is 1.31 bits per heavy atom. The van der Waals surface area contributed by atoms with E-state index in [0.29, 0.717) is 16.7 Å². The first-order valence-electron chi connectivity index (χ1n) is 7.90. The number of carbonyl (C=O) groups is 1. The molecule has 134 valence electrons. The average Bonchev–Trinajstić information content (AvgIpc) is 2.93. The van der Waals surface area contributed by atoms with Crippen LogP contribution in [0, 0.1) is 5.82 Å². The van der Waals surface area contributed by atoms with Gasteiger partial charge in [-0.05, 0) is 30.3 Å². The molecule has 0 aliphatic rings. The van der Waals surface area contributed by atoms with Crippen LogP contribution in [0.3, 0.4) is 0 Å². The number of para-hydroxylation sites is 2. The van der Waals surface area contributed by atoms with Gasteiger partial charge < -0.3 is 9.32 Å². The molecule has 0 fully saturated rings. The zero-order chi connectivity index (χ0) is 18.7. The van der Waals surface area contributed by atoms with E-state index >= 15 is 0 Å². The first-order chi connectivity index (χ1) is 12.5. The van der Waals surface area contributed by atoms with Crippen LogP contribution < -0.4 is 5.76 Å². The molecule has 0 radical (unpaired) electrons. The molecule has 2 aromatic carbocycles. The van der Waals surface area contributed by atoms with Crippen molar-refractivity contribution in [1.82, 2.24) is 9.47 Å². The lowest BCUT2D eigenvalue weighted by Gasteiger charge is -2.22. The molecule has 3 aromatic rings. The molecule has 1 heterocycles. The molecule has 26 heavy (non-hydrogen) atoms. The van der Waals surface area contributed by atoms with Crippen molar-refractivity contribution in [2.75, 3.05) is 6.54 Å². The minimum Gasteiger partial charge on any atom is -0.408 e. The van der Waals surface area contributed by atoms with Gasteiger partial charge in [-0.15, -0.1) is 6.58 Å². The number of fused-ring (bicyclic) bond motifs is 1. The van der Waals surface area contributed by atoms with Gasteiger partial charge in [0.1, 0.15) is 12.4 Å². The molecular formula is C19H16BrFN2O3. The Morgan fingerprint density at radius 2 is 2.08 bits per heavy atom. The third-order valence-corrected chi connectivity index (χ3v) is 4.43. The summed E-state index contributed by atoms with van der Waals surface area (Å²) in [5.41, 5.74) is 1.33. The minimum atomic E-state index is -0.605. The maximum atomic E-state index is 14.0. The maximum absolute atomic E-state index is 14.0. The van der Waals surface area contributed by atoms with Crippen LogP contribution in [0.4, 0.5) is 4.39 Å². The number of rotatable bonds is 6. The van der Waals surface area contributed by atoms with E-state index in [1.165, 1.54) is 15.5 Å². The molecule has 0 saturated heterocycles. The van der Waals surface area contributed by atoms with Gasteiger partial charge in [0.2, 0.25) is 5.91 Å². The first-order valence-corrected chi connectivity index (χ1v) is 8.70. The number of nitrogens with zero attached hydrogens (tertiary/aromatic N) is 2. The number of hydrogen-bond acceptors (Lipinski definition) is 3. The maximum Gasteiger partial charge on any atom is 0.420 e. The van der Waals surface area contributed by atoms with E-state index in [1.54, 1.807) is 42.5 Å². The molecule has 0 spiro atoms. The number of hydrogen-bond donors (Lipinski definition) is 0. The molecule has 0 unspecified atom stereocenters. The SMILES string of the molecule is C=CCN(Cc1cc(Br)ccc1F)C(=O)Cn1c(=O)oc2ccccc21. The second kappa shape index (κ2) is 7.70. The van der Waals surface area contributed by atoms with Gasteiger partial charge in [0.05, 0.1) is 5.52 Å². The van der Waals surface area contributed by atoms with Crippen LogP contribution >= 0.6 is 15.9 Å². The van der Waals surface area contributed by atoms with Gasteiger partial charge in [0.25, 0.3) is 0 Å². The first kappa shape index (κ1) is 18.1. The van der Waals surface area contributed by atoms with E-state index in [0.717, 1.165) is 4.47 Å². The topological polar surface area (TPSA) is 55.5 Å². The fourth-order valence-corrected chi connectivity index (χ4v) is 3.09. The van der Waals surface area contributed by atoms with Crippen molar-refractivity contribution in [2.45, 2.75) is 13.1 Å². The summed E-state index contributed by atoms with van der Waals surface area (Å²) >= 11 is 3.30. The molecular weight excluding hydrogens is 403 g/mol. The summed E-state index contributed by atoms with van der Waals surface area (Å²) in [7, 11) is 0. The number of carbonyl (C=O) groups excluding carboxylic acids is 1. The number of oxazole rings is 1. The van der Waals surface area contributed by atoms with Gasteiger partial charge >= 0.3 is 5.76 Å². The summed E-state index contributed by atoms with van der Waals surface area (Å²) in [6, 6.07) is 11.4. The van der Waals surface area contributed by atoms with Crippen molar-refractivity contribution < 1.29 is 13.6 Å². The predicted octanol–water partition coefficient (Wildman–Crippen LogP) is 3.71. The lowest BCUT2D eigenvalue weighted by atomic mass is 10.2. The average molecular weight is 419 g/mol. The van der Waals surface area contributed by atoms with E-state index < -0.39 is 11.6 Å². The normalized spacial score (nSPS) is 10.8. The van der Waals surface area contributed by atoms with Crippen molar-refractivity contribution in [3.05, 3.63) is 81.5 Å². The fraction of sp³-hybridized carbons (Fsp3) is 0.158. The summed E-state index contributed by atoms with van der Waals surface area (Å²) in [4.78, 5) is 26.2. The Balaban J connectivity index is 1.87. The lowest BCUT2D eigenvalue weighted by molar-refractivity contribution is -0.132. The van der Waals surface area contributed by atoms with Gasteiger partial charge in [-0.25, -0.2) is 9.18 Å². The van der Waals surface area contributed by atoms with E-state index in [2.05, 4.69) is 22.5 Å². The van der Waals surface area contributed by atoms with Crippen molar-refractivity contribution in [3.8, 4) is 0 Å². The zero-order valence-corrected chi connectivity index (χ0v) is 15.4. The number of aromatic nitrogens is 1. The smallest absolute Gasteiger partial charge is 0.408 e. The Kier molecular flexibility index (Phi) is 5.37. The Labute approximate surface area is 157 Å². The fourth-order valence-electron chi connectivity index (χ4n) is 2.68. The lowest BCUT2D eigenvalue weighted by Crippen LogP contribution is -2.35. The summed E-state index contributed by atoms with van der Waals surface area (Å²) < 4.78 is 21.2. The van der Waals surface area contributed by atoms with E-state index in [4.69, 9.17) is 4.42 Å². The van der Waals surface area contributed by atoms with Crippen LogP contribution in [0.25, 0.3) is 11.1 Å². The largest absolute Gasteiger partial charge is 0.420 e. The number of halogens is 2. The van der Waals surface area contributed by atoms with E-state index in [9.17, 15) is 14.0 Å². The highest BCUT2D eigenvalue weighted by Gasteiger charge is 2.18. The van der Waals surface area contributed by atoms with Crippen molar-refractivity contribution in [3.63, 3.8) is 0 Å². The molecule has 0 aliphatic heterocycles. The Bertz CT molecular complexity index is 1030. The van der Waals surface area contributed by atoms with Gasteiger partial charge in [0, 0.05) is 23.1 Å². The summed E-state index contributed by atoms with van der Waals surface area (Å²) in [5.74, 6) is -1.34. The van der Waals surface area contributed by atoms with Crippen molar-refractivity contribution >= 4 is 32.9 Å². The predicted molar refractivity (Wildman–Crippen MR) is 100 cm³/mol. The van der Waals surface area contributed by atoms with Crippen LogP contribution in [0.2, 0.25) is 0 Å². The molecule has 5 nitrogen and oxygen atoms in total. The van der Waals surface area contributed by atoms with Crippen molar-refractivity contribution in [2.24, 2.45) is 0 Å². The van der Waals surface area contributed by atoms with E-state index in [-0.39, 0.29) is 25.5 Å². The summed E-state index contributed by atoms with van der Waals surface area (Å²) in [6.07, 6.45) is 1.56. The highest BCUT2D eigenvalue weighted by Crippen LogP contribution is 2.18. The molecule has 1 amide bonds. The van der Waals surface area contributed by atoms with Crippen LogP contribution in [0.1, 0.15) is 5.56 Å². The van der Waals surface area contributed by atoms with Crippen LogP contribution in [-0.4, -0.2) is 21.9 Å². The molecule has 0 atom stereocenters. The Morgan fingerprint density at radius 3 is 2.85 bits per heavy atom. The standard InChI is InChI=1S/C19H16BrFN2O3/c1-2-9-22(11-13-10-14(20)7-8-15(13)21)18(24)12-23-16-5-3-4-6-17(16)26-19(23)25/h2-8,10H,1,9,11-12H2. The van der Waals surface area contributed by atoms with Gasteiger partial charge in [0.15, 0.2) is 5.58 Å². The van der Waals surface area contributed by atoms with Crippen LogP contribution in [0.5, 0.6) is 0 Å². The highest BCUT2D eigenvalue weighted by molar-refractivity contribution is 9.10. The molecule has 3 rings (SSSR count). The second-order valence-corrected chi connectivity index (χ2v) is 6.64. The Hall–Kier alpha value is -2.67.